The fourth-order valence-corrected chi connectivity index (χ4v) is 5.37. The number of ether oxygens (including phenoxy) is 2. The molecule has 9 nitrogen and oxygen atoms in total. The molecule has 2 aliphatic heterocycles. The Hall–Kier alpha value is -3.17. The van der Waals surface area contributed by atoms with E-state index in [-0.39, 0.29) is 49.1 Å². The molecule has 5 rings (SSSR count). The van der Waals surface area contributed by atoms with Gasteiger partial charge in [0.15, 0.2) is 0 Å². The van der Waals surface area contributed by atoms with Crippen LogP contribution in [-0.4, -0.2) is 53.0 Å². The Morgan fingerprint density at radius 3 is 2.80 bits per heavy atom. The number of amides is 3. The second-order valence-corrected chi connectivity index (χ2v) is 9.58. The van der Waals surface area contributed by atoms with Gasteiger partial charge in [-0.15, -0.1) is 0 Å². The molecule has 4 atom stereocenters. The monoisotopic (exact) mass is 480 g/mol. The third kappa shape index (κ3) is 5.57. The summed E-state index contributed by atoms with van der Waals surface area (Å²) in [6.45, 7) is 0.205. The number of hydrogen-bond donors (Lipinski definition) is 4. The molecule has 2 fully saturated rings. The molecule has 0 spiro atoms. The third-order valence-corrected chi connectivity index (χ3v) is 7.07. The average molecular weight is 481 g/mol. The van der Waals surface area contributed by atoms with Crippen molar-refractivity contribution >= 4 is 17.6 Å². The lowest BCUT2D eigenvalue weighted by atomic mass is 9.84. The summed E-state index contributed by atoms with van der Waals surface area (Å²) in [5.41, 5.74) is 2.59. The van der Waals surface area contributed by atoms with Crippen LogP contribution in [0.5, 0.6) is 5.75 Å². The number of anilines is 1. The van der Waals surface area contributed by atoms with Gasteiger partial charge in [0.2, 0.25) is 5.91 Å². The van der Waals surface area contributed by atoms with E-state index in [1.54, 1.807) is 12.4 Å². The van der Waals surface area contributed by atoms with Crippen LogP contribution < -0.4 is 20.7 Å². The van der Waals surface area contributed by atoms with Crippen molar-refractivity contribution in [3.05, 3.63) is 53.9 Å². The molecule has 0 radical (unpaired) electrons. The maximum Gasteiger partial charge on any atom is 0.319 e. The number of benzene rings is 1. The molecular weight excluding hydrogens is 448 g/mol. The average Bonchev–Trinajstić information content (AvgIpc) is 3.50. The lowest BCUT2D eigenvalue weighted by molar-refractivity contribution is -0.142. The first-order chi connectivity index (χ1) is 17.1. The van der Waals surface area contributed by atoms with E-state index in [9.17, 15) is 14.7 Å². The number of carbonyl (C=O) groups excluding carboxylic acids is 2. The normalized spacial score (nSPS) is 25.3. The fourth-order valence-electron chi connectivity index (χ4n) is 5.37. The number of fused-ring (bicyclic) bond motifs is 3. The molecule has 1 aliphatic carbocycles. The van der Waals surface area contributed by atoms with E-state index in [0.717, 1.165) is 42.6 Å². The van der Waals surface area contributed by atoms with Gasteiger partial charge >= 0.3 is 6.03 Å². The zero-order valence-electron chi connectivity index (χ0n) is 19.6. The Morgan fingerprint density at radius 1 is 1.17 bits per heavy atom. The number of pyridine rings is 1. The van der Waals surface area contributed by atoms with Gasteiger partial charge in [0.05, 0.1) is 19.1 Å². The lowest BCUT2D eigenvalue weighted by Crippen LogP contribution is -2.47. The molecule has 3 heterocycles. The van der Waals surface area contributed by atoms with Crippen molar-refractivity contribution in [2.24, 2.45) is 0 Å². The summed E-state index contributed by atoms with van der Waals surface area (Å²) in [5, 5.41) is 18.8. The number of nitrogens with zero attached hydrogens (tertiary/aromatic N) is 1. The van der Waals surface area contributed by atoms with Gasteiger partial charge in [-0.05, 0) is 49.1 Å². The van der Waals surface area contributed by atoms with Crippen LogP contribution in [0.25, 0.3) is 0 Å². The first-order valence-electron chi connectivity index (χ1n) is 12.4. The number of aliphatic hydroxyl groups is 1. The van der Waals surface area contributed by atoms with Crippen molar-refractivity contribution in [1.29, 1.82) is 0 Å². The summed E-state index contributed by atoms with van der Waals surface area (Å²) in [4.78, 5) is 29.1. The number of aliphatic hydroxyl groups excluding tert-OH is 1. The van der Waals surface area contributed by atoms with Gasteiger partial charge in [0.25, 0.3) is 0 Å². The van der Waals surface area contributed by atoms with Crippen LogP contribution >= 0.6 is 0 Å². The Labute approximate surface area is 204 Å². The molecule has 186 valence electrons. The smallest absolute Gasteiger partial charge is 0.319 e. The van der Waals surface area contributed by atoms with Crippen molar-refractivity contribution in [2.45, 2.75) is 75.3 Å². The molecule has 1 aromatic heterocycles. The summed E-state index contributed by atoms with van der Waals surface area (Å²) in [7, 11) is 0. The summed E-state index contributed by atoms with van der Waals surface area (Å²) in [5.74, 6) is 0.573. The van der Waals surface area contributed by atoms with Crippen molar-refractivity contribution < 1.29 is 24.2 Å². The van der Waals surface area contributed by atoms with E-state index in [1.807, 2.05) is 30.3 Å². The SMILES string of the molecule is O=C(C[C@H]1C[C@H]2c3cc(NC(=O)NC4CCCC4)ccc3O[C@H]2[C@H](CO)O1)NCc1cccnc1. The number of urea groups is 1. The van der Waals surface area contributed by atoms with Gasteiger partial charge in [-0.3, -0.25) is 9.78 Å². The maximum atomic E-state index is 12.6. The quantitative estimate of drug-likeness (QED) is 0.484. The first-order valence-corrected chi connectivity index (χ1v) is 12.4. The summed E-state index contributed by atoms with van der Waals surface area (Å²) < 4.78 is 12.2. The van der Waals surface area contributed by atoms with Crippen molar-refractivity contribution in [3.63, 3.8) is 0 Å². The van der Waals surface area contributed by atoms with E-state index in [2.05, 4.69) is 20.9 Å². The van der Waals surface area contributed by atoms with E-state index in [4.69, 9.17) is 9.47 Å². The molecule has 35 heavy (non-hydrogen) atoms. The maximum absolute atomic E-state index is 12.6. The van der Waals surface area contributed by atoms with Crippen LogP contribution in [0.2, 0.25) is 0 Å². The number of carbonyl (C=O) groups is 2. The van der Waals surface area contributed by atoms with Crippen LogP contribution in [-0.2, 0) is 16.1 Å². The number of rotatable bonds is 7. The third-order valence-electron chi connectivity index (χ3n) is 7.07. The van der Waals surface area contributed by atoms with Crippen LogP contribution in [0.3, 0.4) is 0 Å². The van der Waals surface area contributed by atoms with Crippen LogP contribution in [0.4, 0.5) is 10.5 Å². The minimum absolute atomic E-state index is 0.0355. The summed E-state index contributed by atoms with van der Waals surface area (Å²) in [6, 6.07) is 9.39. The molecule has 1 saturated carbocycles. The molecule has 1 aromatic carbocycles. The fraction of sp³-hybridized carbons (Fsp3) is 0.500. The van der Waals surface area contributed by atoms with Gasteiger partial charge < -0.3 is 30.5 Å². The van der Waals surface area contributed by atoms with E-state index in [1.165, 1.54) is 0 Å². The molecule has 1 saturated heterocycles. The molecule has 0 bridgehead atoms. The number of nitrogens with one attached hydrogen (secondary N) is 3. The molecule has 2 aromatic rings. The highest BCUT2D eigenvalue weighted by molar-refractivity contribution is 5.89. The van der Waals surface area contributed by atoms with Crippen LogP contribution in [0.1, 0.15) is 55.6 Å². The van der Waals surface area contributed by atoms with E-state index >= 15 is 0 Å². The second kappa shape index (κ2) is 10.6. The molecule has 9 heteroatoms. The van der Waals surface area contributed by atoms with E-state index < -0.39 is 6.10 Å². The summed E-state index contributed by atoms with van der Waals surface area (Å²) >= 11 is 0. The minimum atomic E-state index is -0.528. The predicted molar refractivity (Wildman–Crippen MR) is 129 cm³/mol. The van der Waals surface area contributed by atoms with E-state index in [0.29, 0.717) is 18.7 Å². The van der Waals surface area contributed by atoms with Crippen molar-refractivity contribution in [2.75, 3.05) is 11.9 Å². The van der Waals surface area contributed by atoms with Crippen LogP contribution in [0, 0.1) is 0 Å². The highest BCUT2D eigenvalue weighted by atomic mass is 16.6. The summed E-state index contributed by atoms with van der Waals surface area (Å²) in [6.07, 6.45) is 7.34. The highest BCUT2D eigenvalue weighted by Gasteiger charge is 2.46. The first kappa shape index (κ1) is 23.6. The lowest BCUT2D eigenvalue weighted by Gasteiger charge is -2.37. The largest absolute Gasteiger partial charge is 0.487 e. The Bertz CT molecular complexity index is 1040. The van der Waals surface area contributed by atoms with Gasteiger partial charge in [0.1, 0.15) is 18.0 Å². The van der Waals surface area contributed by atoms with Gasteiger partial charge in [0, 0.05) is 42.1 Å². The standard InChI is InChI=1S/C26H32N4O5/c31-15-23-25-21(11-19(34-23)12-24(32)28-14-16-4-3-9-27-13-16)20-10-18(7-8-22(20)35-25)30-26(33)29-17-5-1-2-6-17/h3-4,7-10,13,17,19,21,23,25,31H,1-2,5-6,11-12,14-15H2,(H,28,32)(H2,29,30,33)/t19-,21+,23+,25-/m1/s1. The van der Waals surface area contributed by atoms with Crippen molar-refractivity contribution in [1.82, 2.24) is 15.6 Å². The van der Waals surface area contributed by atoms with Crippen LogP contribution in [0.15, 0.2) is 42.7 Å². The van der Waals surface area contributed by atoms with Gasteiger partial charge in [-0.1, -0.05) is 18.9 Å². The zero-order valence-corrected chi connectivity index (χ0v) is 19.6. The number of hydrogen-bond acceptors (Lipinski definition) is 6. The molecule has 4 N–H and O–H groups in total. The van der Waals surface area contributed by atoms with Gasteiger partial charge in [-0.2, -0.15) is 0 Å². The minimum Gasteiger partial charge on any atom is -0.487 e. The molecular formula is C26H32N4O5. The number of aromatic nitrogens is 1. The molecule has 0 unspecified atom stereocenters. The Balaban J connectivity index is 1.22. The predicted octanol–water partition coefficient (Wildman–Crippen LogP) is 2.85. The Kier molecular flexibility index (Phi) is 7.15. The highest BCUT2D eigenvalue weighted by Crippen LogP contribution is 2.47. The van der Waals surface area contributed by atoms with Gasteiger partial charge in [-0.25, -0.2) is 4.79 Å². The van der Waals surface area contributed by atoms with Crippen molar-refractivity contribution in [3.8, 4) is 5.75 Å². The Morgan fingerprint density at radius 2 is 2.03 bits per heavy atom. The molecule has 3 amide bonds. The topological polar surface area (TPSA) is 122 Å². The zero-order chi connectivity index (χ0) is 24.2. The second-order valence-electron chi connectivity index (χ2n) is 9.58. The molecule has 3 aliphatic rings.